The Morgan fingerprint density at radius 3 is 2.14 bits per heavy atom. The van der Waals surface area contributed by atoms with Crippen molar-refractivity contribution < 1.29 is 19.4 Å². The Bertz CT molecular complexity index is 833. The zero-order chi connectivity index (χ0) is 20.7. The first-order valence-electron chi connectivity index (χ1n) is 9.19. The highest BCUT2D eigenvalue weighted by molar-refractivity contribution is 5.86. The number of amides is 1. The van der Waals surface area contributed by atoms with Crippen LogP contribution in [0.5, 0.6) is 0 Å². The zero-order valence-electron chi connectivity index (χ0n) is 16.7. The van der Waals surface area contributed by atoms with Crippen molar-refractivity contribution >= 4 is 12.1 Å². The van der Waals surface area contributed by atoms with Crippen LogP contribution >= 0.6 is 0 Å². The maximum atomic E-state index is 12.1. The highest BCUT2D eigenvalue weighted by atomic mass is 16.6. The van der Waals surface area contributed by atoms with Crippen molar-refractivity contribution in [1.29, 1.82) is 0 Å². The Morgan fingerprint density at radius 2 is 1.61 bits per heavy atom. The fourth-order valence-corrected chi connectivity index (χ4v) is 2.70. The van der Waals surface area contributed by atoms with E-state index in [1.165, 1.54) is 13.0 Å². The summed E-state index contributed by atoms with van der Waals surface area (Å²) in [6.45, 7) is 6.84. The van der Waals surface area contributed by atoms with Crippen LogP contribution in [-0.4, -0.2) is 28.8 Å². The van der Waals surface area contributed by atoms with Crippen molar-refractivity contribution in [2.45, 2.75) is 45.8 Å². The Balaban J connectivity index is 2.16. The molecule has 0 radical (unpaired) electrons. The summed E-state index contributed by atoms with van der Waals surface area (Å²) in [6, 6.07) is 17.5. The second-order valence-electron chi connectivity index (χ2n) is 7.67. The number of hydrogen-bond acceptors (Lipinski definition) is 3. The number of rotatable bonds is 6. The minimum atomic E-state index is -1.02. The molecule has 1 amide bonds. The van der Waals surface area contributed by atoms with Crippen LogP contribution in [0.1, 0.15) is 33.3 Å². The second-order valence-corrected chi connectivity index (χ2v) is 7.67. The number of hydrogen-bond donors (Lipinski definition) is 2. The van der Waals surface area contributed by atoms with Crippen LogP contribution in [0.2, 0.25) is 0 Å². The molecule has 0 aliphatic rings. The molecule has 2 aromatic rings. The second kappa shape index (κ2) is 9.22. The highest BCUT2D eigenvalue weighted by Gasteiger charge is 2.19. The van der Waals surface area contributed by atoms with E-state index in [9.17, 15) is 9.59 Å². The normalized spacial score (nSPS) is 12.9. The lowest BCUT2D eigenvalue weighted by Gasteiger charge is -2.22. The standard InChI is InChI=1S/C23H27NO4/c1-16(21(25)26)14-20(24-22(27)28-23(2,3)4)15-17-10-12-19(13-11-17)18-8-6-5-7-9-18/h5-14,20H,15H2,1-4H3,(H,24,27)(H,25,26)/b16-14-/t20-/m1/s1. The van der Waals surface area contributed by atoms with Gasteiger partial charge in [-0.15, -0.1) is 0 Å². The molecular formula is C23H27NO4. The largest absolute Gasteiger partial charge is 0.478 e. The maximum absolute atomic E-state index is 12.1. The molecule has 5 nitrogen and oxygen atoms in total. The highest BCUT2D eigenvalue weighted by Crippen LogP contribution is 2.20. The molecular weight excluding hydrogens is 354 g/mol. The summed E-state index contributed by atoms with van der Waals surface area (Å²) in [5.41, 5.74) is 2.74. The Morgan fingerprint density at radius 1 is 1.04 bits per heavy atom. The number of ether oxygens (including phenoxy) is 1. The Kier molecular flexibility index (Phi) is 6.99. The van der Waals surface area contributed by atoms with E-state index in [0.29, 0.717) is 6.42 Å². The quantitative estimate of drug-likeness (QED) is 0.704. The fraction of sp³-hybridized carbons (Fsp3) is 0.304. The minimum Gasteiger partial charge on any atom is -0.478 e. The molecule has 0 aromatic heterocycles. The van der Waals surface area contributed by atoms with Gasteiger partial charge in [0.15, 0.2) is 0 Å². The van der Waals surface area contributed by atoms with Gasteiger partial charge in [0, 0.05) is 5.57 Å². The van der Waals surface area contributed by atoms with Crippen molar-refractivity contribution in [2.75, 3.05) is 0 Å². The summed E-state index contributed by atoms with van der Waals surface area (Å²) in [4.78, 5) is 23.3. The summed E-state index contributed by atoms with van der Waals surface area (Å²) >= 11 is 0. The van der Waals surface area contributed by atoms with Gasteiger partial charge in [-0.25, -0.2) is 9.59 Å². The SMILES string of the molecule is C/C(=C/[C@H](Cc1ccc(-c2ccccc2)cc1)NC(=O)OC(C)(C)C)C(=O)O. The molecule has 28 heavy (non-hydrogen) atoms. The van der Waals surface area contributed by atoms with Crippen molar-refractivity contribution in [3.63, 3.8) is 0 Å². The van der Waals surface area contributed by atoms with Gasteiger partial charge in [0.25, 0.3) is 0 Å². The number of aliphatic carboxylic acids is 1. The number of carbonyl (C=O) groups is 2. The van der Waals surface area contributed by atoms with E-state index in [1.807, 2.05) is 54.6 Å². The van der Waals surface area contributed by atoms with E-state index in [0.717, 1.165) is 16.7 Å². The van der Waals surface area contributed by atoms with E-state index in [4.69, 9.17) is 9.84 Å². The van der Waals surface area contributed by atoms with Gasteiger partial charge in [0.1, 0.15) is 5.60 Å². The summed E-state index contributed by atoms with van der Waals surface area (Å²) in [7, 11) is 0. The number of benzene rings is 2. The first-order valence-corrected chi connectivity index (χ1v) is 9.19. The van der Waals surface area contributed by atoms with Crippen molar-refractivity contribution in [3.8, 4) is 11.1 Å². The molecule has 2 rings (SSSR count). The molecule has 0 saturated heterocycles. The molecule has 148 valence electrons. The molecule has 0 heterocycles. The third kappa shape index (κ3) is 6.91. The lowest BCUT2D eigenvalue weighted by atomic mass is 10.00. The van der Waals surface area contributed by atoms with Crippen LogP contribution in [0.4, 0.5) is 4.79 Å². The smallest absolute Gasteiger partial charge is 0.408 e. The van der Waals surface area contributed by atoms with Crippen LogP contribution in [0, 0.1) is 0 Å². The monoisotopic (exact) mass is 381 g/mol. The van der Waals surface area contributed by atoms with Crippen molar-refractivity contribution in [1.82, 2.24) is 5.32 Å². The van der Waals surface area contributed by atoms with Crippen LogP contribution in [0.25, 0.3) is 11.1 Å². The van der Waals surface area contributed by atoms with Crippen LogP contribution < -0.4 is 5.32 Å². The van der Waals surface area contributed by atoms with Crippen LogP contribution in [0.15, 0.2) is 66.2 Å². The van der Waals surface area contributed by atoms with E-state index in [-0.39, 0.29) is 5.57 Å². The van der Waals surface area contributed by atoms with Gasteiger partial charge in [-0.1, -0.05) is 60.7 Å². The molecule has 2 aromatic carbocycles. The van der Waals surface area contributed by atoms with Gasteiger partial charge >= 0.3 is 12.1 Å². The topological polar surface area (TPSA) is 75.6 Å². The van der Waals surface area contributed by atoms with Gasteiger partial charge in [0.05, 0.1) is 6.04 Å². The molecule has 0 aliphatic heterocycles. The summed E-state index contributed by atoms with van der Waals surface area (Å²) in [5.74, 6) is -1.02. The molecule has 0 unspecified atom stereocenters. The molecule has 0 spiro atoms. The third-order valence-corrected chi connectivity index (χ3v) is 4.01. The van der Waals surface area contributed by atoms with Crippen molar-refractivity contribution in [2.24, 2.45) is 0 Å². The first-order chi connectivity index (χ1) is 13.1. The van der Waals surface area contributed by atoms with Gasteiger partial charge in [-0.2, -0.15) is 0 Å². The lowest BCUT2D eigenvalue weighted by molar-refractivity contribution is -0.132. The summed E-state index contributed by atoms with van der Waals surface area (Å²) in [6.07, 6.45) is 1.42. The van der Waals surface area contributed by atoms with Gasteiger partial charge in [-0.05, 0) is 50.8 Å². The number of carboxylic acids is 1. The summed E-state index contributed by atoms with van der Waals surface area (Å²) in [5, 5.41) is 11.9. The first kappa shape index (κ1) is 21.2. The van der Waals surface area contributed by atoms with E-state index in [1.54, 1.807) is 20.8 Å². The third-order valence-electron chi connectivity index (χ3n) is 4.01. The predicted molar refractivity (Wildman–Crippen MR) is 110 cm³/mol. The van der Waals surface area contributed by atoms with E-state index in [2.05, 4.69) is 5.32 Å². The van der Waals surface area contributed by atoms with Gasteiger partial charge < -0.3 is 15.2 Å². The zero-order valence-corrected chi connectivity index (χ0v) is 16.7. The van der Waals surface area contributed by atoms with E-state index >= 15 is 0 Å². The number of alkyl carbamates (subject to hydrolysis) is 1. The van der Waals surface area contributed by atoms with E-state index < -0.39 is 23.7 Å². The minimum absolute atomic E-state index is 0.168. The molecule has 0 aliphatic carbocycles. The molecule has 0 bridgehead atoms. The molecule has 1 atom stereocenters. The lowest BCUT2D eigenvalue weighted by Crippen LogP contribution is -2.39. The average molecular weight is 381 g/mol. The molecule has 0 saturated carbocycles. The summed E-state index contributed by atoms with van der Waals surface area (Å²) < 4.78 is 5.30. The van der Waals surface area contributed by atoms with Gasteiger partial charge in [0.2, 0.25) is 0 Å². The molecule has 0 fully saturated rings. The maximum Gasteiger partial charge on any atom is 0.408 e. The van der Waals surface area contributed by atoms with Crippen LogP contribution in [-0.2, 0) is 16.0 Å². The fourth-order valence-electron chi connectivity index (χ4n) is 2.70. The molecule has 5 heteroatoms. The average Bonchev–Trinajstić information content (AvgIpc) is 2.61. The number of nitrogens with one attached hydrogen (secondary N) is 1. The van der Waals surface area contributed by atoms with Crippen molar-refractivity contribution in [3.05, 3.63) is 71.8 Å². The number of carboxylic acid groups (broad SMARTS) is 1. The number of carbonyl (C=O) groups excluding carboxylic acids is 1. The molecule has 2 N–H and O–H groups in total. The Labute approximate surface area is 166 Å². The van der Waals surface area contributed by atoms with Crippen LogP contribution in [0.3, 0.4) is 0 Å². The Hall–Kier alpha value is -3.08. The van der Waals surface area contributed by atoms with Gasteiger partial charge in [-0.3, -0.25) is 0 Å². The predicted octanol–water partition coefficient (Wildman–Crippen LogP) is 4.82.